The van der Waals surface area contributed by atoms with Crippen molar-refractivity contribution in [3.63, 3.8) is 0 Å². The third-order valence-corrected chi connectivity index (χ3v) is 2.46. The number of hydrogen-bond acceptors (Lipinski definition) is 1. The van der Waals surface area contributed by atoms with Crippen molar-refractivity contribution in [1.29, 1.82) is 5.26 Å². The number of benzene rings is 1. The maximum absolute atomic E-state index is 8.41. The lowest BCUT2D eigenvalue weighted by Crippen LogP contribution is -1.84. The SMILES string of the molecule is Cc1cc(C)c(/C=C/C#N)c(Br)c1. The normalized spacial score (nSPS) is 10.3. The van der Waals surface area contributed by atoms with Crippen LogP contribution in [0.25, 0.3) is 6.08 Å². The molecular weight excluding hydrogens is 226 g/mol. The van der Waals surface area contributed by atoms with E-state index in [1.54, 1.807) is 0 Å². The Morgan fingerprint density at radius 3 is 2.62 bits per heavy atom. The molecule has 66 valence electrons. The first-order chi connectivity index (χ1) is 6.15. The molecule has 0 aliphatic rings. The van der Waals surface area contributed by atoms with E-state index in [0.717, 1.165) is 10.0 Å². The molecule has 1 aromatic carbocycles. The van der Waals surface area contributed by atoms with E-state index in [0.29, 0.717) is 0 Å². The lowest BCUT2D eigenvalue weighted by atomic mass is 10.1. The Morgan fingerprint density at radius 2 is 2.08 bits per heavy atom. The summed E-state index contributed by atoms with van der Waals surface area (Å²) in [5, 5.41) is 8.41. The van der Waals surface area contributed by atoms with Crippen LogP contribution in [0.1, 0.15) is 16.7 Å². The van der Waals surface area contributed by atoms with Crippen molar-refractivity contribution in [3.05, 3.63) is 39.4 Å². The fourth-order valence-corrected chi connectivity index (χ4v) is 2.06. The van der Waals surface area contributed by atoms with Crippen LogP contribution in [-0.4, -0.2) is 0 Å². The highest BCUT2D eigenvalue weighted by molar-refractivity contribution is 9.10. The van der Waals surface area contributed by atoms with Crippen LogP contribution in [0.3, 0.4) is 0 Å². The first kappa shape index (κ1) is 10.0. The molecule has 2 heteroatoms. The van der Waals surface area contributed by atoms with Gasteiger partial charge in [-0.25, -0.2) is 0 Å². The summed E-state index contributed by atoms with van der Waals surface area (Å²) in [6.45, 7) is 4.09. The third-order valence-electron chi connectivity index (χ3n) is 1.81. The van der Waals surface area contributed by atoms with Crippen molar-refractivity contribution in [2.45, 2.75) is 13.8 Å². The maximum atomic E-state index is 8.41. The highest BCUT2D eigenvalue weighted by atomic mass is 79.9. The van der Waals surface area contributed by atoms with Crippen LogP contribution in [0.2, 0.25) is 0 Å². The van der Waals surface area contributed by atoms with Gasteiger partial charge in [0.1, 0.15) is 0 Å². The minimum atomic E-state index is 1.04. The van der Waals surface area contributed by atoms with Gasteiger partial charge in [0, 0.05) is 10.5 Å². The van der Waals surface area contributed by atoms with Gasteiger partial charge in [0.2, 0.25) is 0 Å². The molecule has 13 heavy (non-hydrogen) atoms. The Hall–Kier alpha value is -1.07. The molecule has 1 aromatic rings. The highest BCUT2D eigenvalue weighted by Gasteiger charge is 2.00. The molecular formula is C11H10BrN. The monoisotopic (exact) mass is 235 g/mol. The van der Waals surface area contributed by atoms with Gasteiger partial charge in [0.25, 0.3) is 0 Å². The smallest absolute Gasteiger partial charge is 0.0912 e. The molecule has 0 aromatic heterocycles. The van der Waals surface area contributed by atoms with E-state index in [9.17, 15) is 0 Å². The van der Waals surface area contributed by atoms with Gasteiger partial charge in [-0.2, -0.15) is 5.26 Å². The average Bonchev–Trinajstić information content (AvgIpc) is 2.02. The first-order valence-electron chi connectivity index (χ1n) is 3.98. The molecule has 0 unspecified atom stereocenters. The summed E-state index contributed by atoms with van der Waals surface area (Å²) in [6, 6.07) is 6.13. The Labute approximate surface area is 86.8 Å². The number of allylic oxidation sites excluding steroid dienone is 1. The Kier molecular flexibility index (Phi) is 3.27. The molecule has 1 nitrogen and oxygen atoms in total. The quantitative estimate of drug-likeness (QED) is 0.683. The average molecular weight is 236 g/mol. The van der Waals surface area contributed by atoms with Crippen molar-refractivity contribution in [2.75, 3.05) is 0 Å². The number of rotatable bonds is 1. The van der Waals surface area contributed by atoms with Gasteiger partial charge in [-0.1, -0.05) is 22.0 Å². The fraction of sp³-hybridized carbons (Fsp3) is 0.182. The number of hydrogen-bond donors (Lipinski definition) is 0. The molecule has 0 radical (unpaired) electrons. The van der Waals surface area contributed by atoms with Crippen molar-refractivity contribution >= 4 is 22.0 Å². The first-order valence-corrected chi connectivity index (χ1v) is 4.77. The number of halogens is 1. The van der Waals surface area contributed by atoms with Gasteiger partial charge in [0.05, 0.1) is 6.07 Å². The summed E-state index contributed by atoms with van der Waals surface area (Å²) < 4.78 is 1.04. The summed E-state index contributed by atoms with van der Waals surface area (Å²) in [6.07, 6.45) is 3.31. The molecule has 1 rings (SSSR count). The largest absolute Gasteiger partial charge is 0.193 e. The number of nitriles is 1. The molecule has 0 aliphatic heterocycles. The van der Waals surface area contributed by atoms with Crippen LogP contribution in [0.4, 0.5) is 0 Å². The zero-order valence-electron chi connectivity index (χ0n) is 7.63. The number of aryl methyl sites for hydroxylation is 2. The molecule has 0 spiro atoms. The van der Waals surface area contributed by atoms with E-state index in [1.165, 1.54) is 17.2 Å². The van der Waals surface area contributed by atoms with Crippen LogP contribution >= 0.6 is 15.9 Å². The second kappa shape index (κ2) is 4.25. The Morgan fingerprint density at radius 1 is 1.38 bits per heavy atom. The van der Waals surface area contributed by atoms with E-state index in [4.69, 9.17) is 5.26 Å². The van der Waals surface area contributed by atoms with Crippen LogP contribution in [0, 0.1) is 25.2 Å². The van der Waals surface area contributed by atoms with Crippen LogP contribution in [0.15, 0.2) is 22.7 Å². The second-order valence-corrected chi connectivity index (χ2v) is 3.79. The van der Waals surface area contributed by atoms with Crippen molar-refractivity contribution in [2.24, 2.45) is 0 Å². The standard InChI is InChI=1S/C11H10BrN/c1-8-6-9(2)10(4-3-5-13)11(12)7-8/h3-4,6-7H,1-2H3/b4-3+. The lowest BCUT2D eigenvalue weighted by Gasteiger charge is -2.04. The summed E-state index contributed by atoms with van der Waals surface area (Å²) in [5.41, 5.74) is 3.48. The van der Waals surface area contributed by atoms with Crippen LogP contribution in [0.5, 0.6) is 0 Å². The minimum Gasteiger partial charge on any atom is -0.193 e. The van der Waals surface area contributed by atoms with E-state index in [-0.39, 0.29) is 0 Å². The number of nitrogens with zero attached hydrogens (tertiary/aromatic N) is 1. The van der Waals surface area contributed by atoms with E-state index in [2.05, 4.69) is 28.9 Å². The third kappa shape index (κ3) is 2.43. The summed E-state index contributed by atoms with van der Waals surface area (Å²) in [7, 11) is 0. The van der Waals surface area contributed by atoms with Crippen molar-refractivity contribution in [1.82, 2.24) is 0 Å². The van der Waals surface area contributed by atoms with Gasteiger partial charge >= 0.3 is 0 Å². The van der Waals surface area contributed by atoms with Gasteiger partial charge in [-0.3, -0.25) is 0 Å². The zero-order chi connectivity index (χ0) is 9.84. The van der Waals surface area contributed by atoms with Gasteiger partial charge in [-0.05, 0) is 42.7 Å². The van der Waals surface area contributed by atoms with Gasteiger partial charge in [0.15, 0.2) is 0 Å². The minimum absolute atomic E-state index is 1.04. The molecule has 0 saturated heterocycles. The van der Waals surface area contributed by atoms with Crippen molar-refractivity contribution < 1.29 is 0 Å². The molecule has 0 heterocycles. The molecule has 0 aliphatic carbocycles. The summed E-state index contributed by atoms with van der Waals surface area (Å²) >= 11 is 3.47. The molecule has 0 saturated carbocycles. The topological polar surface area (TPSA) is 23.8 Å². The second-order valence-electron chi connectivity index (χ2n) is 2.94. The van der Waals surface area contributed by atoms with Crippen LogP contribution in [-0.2, 0) is 0 Å². The van der Waals surface area contributed by atoms with Crippen LogP contribution < -0.4 is 0 Å². The molecule has 0 amide bonds. The Balaban J connectivity index is 3.22. The molecule has 0 atom stereocenters. The van der Waals surface area contributed by atoms with Gasteiger partial charge < -0.3 is 0 Å². The predicted octanol–water partition coefficient (Wildman–Crippen LogP) is 3.60. The summed E-state index contributed by atoms with van der Waals surface area (Å²) in [5.74, 6) is 0. The highest BCUT2D eigenvalue weighted by Crippen LogP contribution is 2.23. The predicted molar refractivity (Wildman–Crippen MR) is 58.3 cm³/mol. The fourth-order valence-electron chi connectivity index (χ4n) is 1.26. The van der Waals surface area contributed by atoms with E-state index in [1.807, 2.05) is 25.1 Å². The molecule has 0 N–H and O–H groups in total. The summed E-state index contributed by atoms with van der Waals surface area (Å²) in [4.78, 5) is 0. The zero-order valence-corrected chi connectivity index (χ0v) is 9.22. The van der Waals surface area contributed by atoms with Gasteiger partial charge in [-0.15, -0.1) is 0 Å². The van der Waals surface area contributed by atoms with Crippen molar-refractivity contribution in [3.8, 4) is 6.07 Å². The lowest BCUT2D eigenvalue weighted by molar-refractivity contribution is 1.35. The van der Waals surface area contributed by atoms with E-state index >= 15 is 0 Å². The Bertz CT molecular complexity index is 363. The van der Waals surface area contributed by atoms with E-state index < -0.39 is 0 Å². The maximum Gasteiger partial charge on any atom is 0.0912 e. The molecule has 0 bridgehead atoms. The molecule has 0 fully saturated rings.